The molecule has 0 saturated carbocycles. The largest absolute Gasteiger partial charge is 0.464 e. The Labute approximate surface area is 183 Å². The van der Waals surface area contributed by atoms with E-state index in [0.717, 1.165) is 0 Å². The first-order valence-corrected chi connectivity index (χ1v) is 11.6. The Morgan fingerprint density at radius 3 is 2.13 bits per heavy atom. The topological polar surface area (TPSA) is 102 Å². The highest BCUT2D eigenvalue weighted by Crippen LogP contribution is 2.23. The highest BCUT2D eigenvalue weighted by atomic mass is 32.2. The summed E-state index contributed by atoms with van der Waals surface area (Å²) in [7, 11) is -4.24. The van der Waals surface area contributed by atoms with Crippen LogP contribution < -0.4 is 10.0 Å². The first-order valence-electron chi connectivity index (χ1n) is 10.1. The molecule has 0 aliphatic heterocycles. The molecular weight excluding hydrogens is 416 g/mol. The number of benzene rings is 2. The molecule has 0 radical (unpaired) electrons. The Morgan fingerprint density at radius 1 is 1.00 bits per heavy atom. The maximum atomic E-state index is 13.1. The van der Waals surface area contributed by atoms with Crippen molar-refractivity contribution in [1.29, 1.82) is 0 Å². The van der Waals surface area contributed by atoms with Crippen molar-refractivity contribution in [3.05, 3.63) is 71.8 Å². The van der Waals surface area contributed by atoms with Crippen LogP contribution in [-0.4, -0.2) is 33.1 Å². The molecule has 2 aromatic rings. The van der Waals surface area contributed by atoms with Gasteiger partial charge in [0.25, 0.3) is 10.0 Å². The van der Waals surface area contributed by atoms with E-state index < -0.39 is 28.1 Å². The summed E-state index contributed by atoms with van der Waals surface area (Å²) in [6.07, 6.45) is 2.09. The molecule has 31 heavy (non-hydrogen) atoms. The summed E-state index contributed by atoms with van der Waals surface area (Å²) >= 11 is 0. The lowest BCUT2D eigenvalue weighted by Crippen LogP contribution is -2.51. The third-order valence-corrected chi connectivity index (χ3v) is 6.10. The standard InChI is InChI=1S/C23H28N2O5S/c1-4-17(3)21(22(26)30-5-2)24-23(27)25-31(28,29)20(19-14-10-7-11-15-19)16-18-12-8-6-9-13-18/h6-17,21H,4-5H2,1-3H3,(H2,24,25,27)/b20-16+. The van der Waals surface area contributed by atoms with E-state index in [0.29, 0.717) is 17.5 Å². The number of rotatable bonds is 9. The Hall–Kier alpha value is -3.13. The number of nitrogens with one attached hydrogen (secondary N) is 2. The van der Waals surface area contributed by atoms with E-state index in [9.17, 15) is 18.0 Å². The molecule has 0 fully saturated rings. The van der Waals surface area contributed by atoms with E-state index in [1.165, 1.54) is 6.08 Å². The summed E-state index contributed by atoms with van der Waals surface area (Å²) in [6, 6.07) is 15.5. The molecule has 2 N–H and O–H groups in total. The van der Waals surface area contributed by atoms with Crippen molar-refractivity contribution >= 4 is 33.0 Å². The lowest BCUT2D eigenvalue weighted by Gasteiger charge is -2.22. The lowest BCUT2D eigenvalue weighted by molar-refractivity contribution is -0.146. The minimum atomic E-state index is -4.24. The third kappa shape index (κ3) is 6.96. The highest BCUT2D eigenvalue weighted by molar-refractivity contribution is 7.99. The van der Waals surface area contributed by atoms with Gasteiger partial charge in [-0.1, -0.05) is 80.9 Å². The molecule has 0 aromatic heterocycles. The van der Waals surface area contributed by atoms with Crippen molar-refractivity contribution in [2.24, 2.45) is 5.92 Å². The first-order chi connectivity index (χ1) is 14.8. The van der Waals surface area contributed by atoms with Crippen LogP contribution in [0.15, 0.2) is 60.7 Å². The fourth-order valence-electron chi connectivity index (χ4n) is 2.87. The zero-order valence-electron chi connectivity index (χ0n) is 17.9. The van der Waals surface area contributed by atoms with Crippen LogP contribution in [0.25, 0.3) is 11.0 Å². The van der Waals surface area contributed by atoms with Gasteiger partial charge in [0.2, 0.25) is 0 Å². The maximum Gasteiger partial charge on any atom is 0.329 e. The van der Waals surface area contributed by atoms with Gasteiger partial charge in [0.1, 0.15) is 6.04 Å². The summed E-state index contributed by atoms with van der Waals surface area (Å²) in [5, 5.41) is 2.45. The van der Waals surface area contributed by atoms with Gasteiger partial charge in [0, 0.05) is 0 Å². The average Bonchev–Trinajstić information content (AvgIpc) is 2.76. The number of hydrogen-bond donors (Lipinski definition) is 2. The van der Waals surface area contributed by atoms with Crippen molar-refractivity contribution in [3.63, 3.8) is 0 Å². The number of carbonyl (C=O) groups excluding carboxylic acids is 2. The van der Waals surface area contributed by atoms with Crippen molar-refractivity contribution in [2.75, 3.05) is 6.61 Å². The smallest absolute Gasteiger partial charge is 0.329 e. The molecule has 0 saturated heterocycles. The van der Waals surface area contributed by atoms with E-state index in [-0.39, 0.29) is 17.4 Å². The molecule has 2 aromatic carbocycles. The molecule has 166 valence electrons. The predicted molar refractivity (Wildman–Crippen MR) is 121 cm³/mol. The molecule has 2 rings (SSSR count). The van der Waals surface area contributed by atoms with Crippen molar-refractivity contribution in [3.8, 4) is 0 Å². The van der Waals surface area contributed by atoms with Gasteiger partial charge in [-0.15, -0.1) is 0 Å². The normalized spacial score (nSPS) is 13.7. The van der Waals surface area contributed by atoms with E-state index in [4.69, 9.17) is 4.74 Å². The van der Waals surface area contributed by atoms with Crippen LogP contribution >= 0.6 is 0 Å². The van der Waals surface area contributed by atoms with E-state index in [1.54, 1.807) is 68.4 Å². The number of amides is 2. The van der Waals surface area contributed by atoms with Gasteiger partial charge < -0.3 is 10.1 Å². The number of ether oxygens (including phenoxy) is 1. The summed E-state index contributed by atoms with van der Waals surface area (Å²) in [5.41, 5.74) is 1.09. The average molecular weight is 445 g/mol. The van der Waals surface area contributed by atoms with E-state index in [2.05, 4.69) is 5.32 Å². The highest BCUT2D eigenvalue weighted by Gasteiger charge is 2.29. The summed E-state index contributed by atoms with van der Waals surface area (Å²) in [4.78, 5) is 24.7. The molecular formula is C23H28N2O5S. The van der Waals surface area contributed by atoms with Crippen LogP contribution in [0.1, 0.15) is 38.3 Å². The van der Waals surface area contributed by atoms with Gasteiger partial charge in [0.05, 0.1) is 11.5 Å². The third-order valence-electron chi connectivity index (χ3n) is 4.71. The Balaban J connectivity index is 2.32. The van der Waals surface area contributed by atoms with Gasteiger partial charge >= 0.3 is 12.0 Å². The fraction of sp³-hybridized carbons (Fsp3) is 0.304. The Bertz CT molecular complexity index is 1000. The van der Waals surface area contributed by atoms with Crippen LogP contribution in [-0.2, 0) is 19.6 Å². The molecule has 0 aliphatic rings. The second-order valence-electron chi connectivity index (χ2n) is 6.98. The maximum absolute atomic E-state index is 13.1. The Kier molecular flexibility index (Phi) is 8.81. The predicted octanol–water partition coefficient (Wildman–Crippen LogP) is 3.79. The summed E-state index contributed by atoms with van der Waals surface area (Å²) in [6.45, 7) is 5.46. The molecule has 2 amide bonds. The molecule has 2 atom stereocenters. The second-order valence-corrected chi connectivity index (χ2v) is 8.63. The van der Waals surface area contributed by atoms with Crippen LogP contribution in [0.3, 0.4) is 0 Å². The molecule has 0 aliphatic carbocycles. The van der Waals surface area contributed by atoms with Crippen LogP contribution in [0, 0.1) is 5.92 Å². The SMILES string of the molecule is CCOC(=O)C(NC(=O)NS(=O)(=O)/C(=C/c1ccccc1)c1ccccc1)C(C)CC. The van der Waals surface area contributed by atoms with Crippen molar-refractivity contribution < 1.29 is 22.7 Å². The van der Waals surface area contributed by atoms with Gasteiger partial charge in [-0.05, 0) is 30.0 Å². The number of sulfonamides is 1. The molecule has 2 unspecified atom stereocenters. The molecule has 0 bridgehead atoms. The van der Waals surface area contributed by atoms with Gasteiger partial charge in [0.15, 0.2) is 0 Å². The second kappa shape index (κ2) is 11.3. The zero-order valence-corrected chi connectivity index (χ0v) is 18.7. The first kappa shape index (κ1) is 24.1. The van der Waals surface area contributed by atoms with Crippen molar-refractivity contribution in [2.45, 2.75) is 33.2 Å². The number of urea groups is 1. The van der Waals surface area contributed by atoms with Crippen LogP contribution in [0.4, 0.5) is 4.79 Å². The van der Waals surface area contributed by atoms with E-state index in [1.807, 2.05) is 17.7 Å². The number of hydrogen-bond acceptors (Lipinski definition) is 5. The Morgan fingerprint density at radius 2 is 1.58 bits per heavy atom. The van der Waals surface area contributed by atoms with Gasteiger partial charge in [-0.2, -0.15) is 0 Å². The molecule has 7 nitrogen and oxygen atoms in total. The number of esters is 1. The van der Waals surface area contributed by atoms with Gasteiger partial charge in [-0.25, -0.2) is 22.7 Å². The number of carbonyl (C=O) groups is 2. The monoisotopic (exact) mass is 444 g/mol. The van der Waals surface area contributed by atoms with Crippen molar-refractivity contribution in [1.82, 2.24) is 10.0 Å². The fourth-order valence-corrected chi connectivity index (χ4v) is 4.02. The zero-order chi connectivity index (χ0) is 22.9. The quantitative estimate of drug-likeness (QED) is 0.453. The van der Waals surface area contributed by atoms with E-state index >= 15 is 0 Å². The van der Waals surface area contributed by atoms with Crippen LogP contribution in [0.5, 0.6) is 0 Å². The van der Waals surface area contributed by atoms with Gasteiger partial charge in [-0.3, -0.25) is 0 Å². The molecule has 0 heterocycles. The minimum Gasteiger partial charge on any atom is -0.464 e. The summed E-state index contributed by atoms with van der Waals surface area (Å²) < 4.78 is 33.3. The summed E-state index contributed by atoms with van der Waals surface area (Å²) in [5.74, 6) is -0.839. The van der Waals surface area contributed by atoms with Crippen LogP contribution in [0.2, 0.25) is 0 Å². The minimum absolute atomic E-state index is 0.0642. The molecule has 8 heteroatoms. The molecule has 0 spiro atoms. The lowest BCUT2D eigenvalue weighted by atomic mass is 9.99.